The molecule has 1 N–H and O–H groups in total. The first-order chi connectivity index (χ1) is 7.72. The van der Waals surface area contributed by atoms with Gasteiger partial charge in [-0.05, 0) is 23.8 Å². The SMILES string of the molecule is COC(=O)c1cc[nH]c1-c1ccc(Br)cc1. The molecule has 0 atom stereocenters. The van der Waals surface area contributed by atoms with Crippen LogP contribution in [-0.4, -0.2) is 18.1 Å². The van der Waals surface area contributed by atoms with E-state index in [-0.39, 0.29) is 5.97 Å². The summed E-state index contributed by atoms with van der Waals surface area (Å²) in [6.07, 6.45) is 1.73. The van der Waals surface area contributed by atoms with Gasteiger partial charge in [-0.25, -0.2) is 4.79 Å². The highest BCUT2D eigenvalue weighted by atomic mass is 79.9. The third-order valence-electron chi connectivity index (χ3n) is 2.29. The van der Waals surface area contributed by atoms with Crippen LogP contribution in [0.2, 0.25) is 0 Å². The molecule has 1 heterocycles. The zero-order valence-electron chi connectivity index (χ0n) is 8.66. The molecular weight excluding hydrogens is 270 g/mol. The van der Waals surface area contributed by atoms with Gasteiger partial charge in [0, 0.05) is 10.7 Å². The zero-order valence-corrected chi connectivity index (χ0v) is 10.2. The highest BCUT2D eigenvalue weighted by Gasteiger charge is 2.13. The largest absolute Gasteiger partial charge is 0.465 e. The number of hydrogen-bond donors (Lipinski definition) is 1. The van der Waals surface area contributed by atoms with Crippen molar-refractivity contribution in [3.8, 4) is 11.3 Å². The number of ether oxygens (including phenoxy) is 1. The molecule has 0 fully saturated rings. The summed E-state index contributed by atoms with van der Waals surface area (Å²) in [5.41, 5.74) is 2.28. The average molecular weight is 280 g/mol. The second kappa shape index (κ2) is 4.53. The Bertz CT molecular complexity index is 502. The van der Waals surface area contributed by atoms with Crippen LogP contribution in [0.3, 0.4) is 0 Å². The maximum Gasteiger partial charge on any atom is 0.340 e. The third kappa shape index (κ3) is 2.02. The van der Waals surface area contributed by atoms with E-state index in [1.165, 1.54) is 7.11 Å². The lowest BCUT2D eigenvalue weighted by Crippen LogP contribution is -2.01. The summed E-state index contributed by atoms with van der Waals surface area (Å²) in [6.45, 7) is 0. The third-order valence-corrected chi connectivity index (χ3v) is 2.81. The molecule has 0 amide bonds. The van der Waals surface area contributed by atoms with Crippen molar-refractivity contribution in [2.75, 3.05) is 7.11 Å². The van der Waals surface area contributed by atoms with Crippen molar-refractivity contribution in [1.29, 1.82) is 0 Å². The van der Waals surface area contributed by atoms with Gasteiger partial charge in [0.15, 0.2) is 0 Å². The summed E-state index contributed by atoms with van der Waals surface area (Å²) in [5, 5.41) is 0. The molecule has 0 aliphatic rings. The molecule has 0 radical (unpaired) electrons. The van der Waals surface area contributed by atoms with Crippen LogP contribution in [0.15, 0.2) is 41.0 Å². The predicted octanol–water partition coefficient (Wildman–Crippen LogP) is 3.23. The molecule has 0 aliphatic carbocycles. The van der Waals surface area contributed by atoms with Crippen molar-refractivity contribution in [1.82, 2.24) is 4.98 Å². The van der Waals surface area contributed by atoms with E-state index in [1.807, 2.05) is 24.3 Å². The van der Waals surface area contributed by atoms with E-state index in [1.54, 1.807) is 12.3 Å². The van der Waals surface area contributed by atoms with Gasteiger partial charge in [0.1, 0.15) is 0 Å². The fourth-order valence-corrected chi connectivity index (χ4v) is 1.77. The number of aromatic nitrogens is 1. The van der Waals surface area contributed by atoms with Gasteiger partial charge in [-0.1, -0.05) is 28.1 Å². The molecular formula is C12H10BrNO2. The first-order valence-corrected chi connectivity index (χ1v) is 5.53. The molecule has 0 spiro atoms. The summed E-state index contributed by atoms with van der Waals surface area (Å²) in [6, 6.07) is 9.43. The van der Waals surface area contributed by atoms with Gasteiger partial charge < -0.3 is 9.72 Å². The smallest absolute Gasteiger partial charge is 0.340 e. The molecule has 82 valence electrons. The number of esters is 1. The Morgan fingerprint density at radius 3 is 2.56 bits per heavy atom. The first kappa shape index (κ1) is 11.0. The standard InChI is InChI=1S/C12H10BrNO2/c1-16-12(15)10-6-7-14-11(10)8-2-4-9(13)5-3-8/h2-7,14H,1H3. The average Bonchev–Trinajstić information content (AvgIpc) is 2.78. The Balaban J connectivity index is 2.44. The van der Waals surface area contributed by atoms with E-state index in [0.717, 1.165) is 15.7 Å². The van der Waals surface area contributed by atoms with E-state index in [9.17, 15) is 4.79 Å². The van der Waals surface area contributed by atoms with Gasteiger partial charge in [0.05, 0.1) is 18.4 Å². The van der Waals surface area contributed by atoms with Crippen LogP contribution in [0.5, 0.6) is 0 Å². The Hall–Kier alpha value is -1.55. The van der Waals surface area contributed by atoms with Crippen LogP contribution in [0.1, 0.15) is 10.4 Å². The maximum absolute atomic E-state index is 11.5. The molecule has 0 unspecified atom stereocenters. The number of methoxy groups -OCH3 is 1. The van der Waals surface area contributed by atoms with Crippen LogP contribution < -0.4 is 0 Å². The number of carbonyl (C=O) groups is 1. The molecule has 4 heteroatoms. The van der Waals surface area contributed by atoms with E-state index < -0.39 is 0 Å². The van der Waals surface area contributed by atoms with E-state index in [2.05, 4.69) is 20.9 Å². The maximum atomic E-state index is 11.5. The molecule has 3 nitrogen and oxygen atoms in total. The lowest BCUT2D eigenvalue weighted by atomic mass is 10.1. The van der Waals surface area contributed by atoms with Crippen LogP contribution >= 0.6 is 15.9 Å². The molecule has 2 rings (SSSR count). The van der Waals surface area contributed by atoms with Crippen LogP contribution in [0.25, 0.3) is 11.3 Å². The quantitative estimate of drug-likeness (QED) is 0.858. The molecule has 0 aliphatic heterocycles. The minimum atomic E-state index is -0.334. The molecule has 1 aromatic carbocycles. The number of nitrogens with one attached hydrogen (secondary N) is 1. The van der Waals surface area contributed by atoms with Gasteiger partial charge in [0.2, 0.25) is 0 Å². The van der Waals surface area contributed by atoms with E-state index >= 15 is 0 Å². The number of rotatable bonds is 2. The van der Waals surface area contributed by atoms with Crippen molar-refractivity contribution in [3.63, 3.8) is 0 Å². The number of carbonyl (C=O) groups excluding carboxylic acids is 1. The van der Waals surface area contributed by atoms with Gasteiger partial charge in [-0.2, -0.15) is 0 Å². The topological polar surface area (TPSA) is 42.1 Å². The second-order valence-corrected chi connectivity index (χ2v) is 4.18. The van der Waals surface area contributed by atoms with Crippen molar-refractivity contribution in [2.24, 2.45) is 0 Å². The van der Waals surface area contributed by atoms with Crippen molar-refractivity contribution in [3.05, 3.63) is 46.6 Å². The van der Waals surface area contributed by atoms with Crippen LogP contribution in [0, 0.1) is 0 Å². The summed E-state index contributed by atoms with van der Waals surface area (Å²) in [7, 11) is 1.38. The van der Waals surface area contributed by atoms with Crippen LogP contribution in [-0.2, 0) is 4.74 Å². The zero-order chi connectivity index (χ0) is 11.5. The number of halogens is 1. The Labute approximate surface area is 102 Å². The van der Waals surface area contributed by atoms with Crippen molar-refractivity contribution in [2.45, 2.75) is 0 Å². The van der Waals surface area contributed by atoms with Crippen LogP contribution in [0.4, 0.5) is 0 Å². The number of aromatic amines is 1. The van der Waals surface area contributed by atoms with E-state index in [0.29, 0.717) is 5.56 Å². The predicted molar refractivity (Wildman–Crippen MR) is 65.3 cm³/mol. The lowest BCUT2D eigenvalue weighted by molar-refractivity contribution is 0.0602. The lowest BCUT2D eigenvalue weighted by Gasteiger charge is -2.02. The van der Waals surface area contributed by atoms with Gasteiger partial charge >= 0.3 is 5.97 Å². The molecule has 0 saturated heterocycles. The summed E-state index contributed by atoms with van der Waals surface area (Å²) < 4.78 is 5.71. The Morgan fingerprint density at radius 2 is 1.94 bits per heavy atom. The highest BCUT2D eigenvalue weighted by molar-refractivity contribution is 9.10. The molecule has 16 heavy (non-hydrogen) atoms. The second-order valence-electron chi connectivity index (χ2n) is 3.26. The van der Waals surface area contributed by atoms with Gasteiger partial charge in [0.25, 0.3) is 0 Å². The van der Waals surface area contributed by atoms with Crippen molar-refractivity contribution >= 4 is 21.9 Å². The summed E-state index contributed by atoms with van der Waals surface area (Å²) in [4.78, 5) is 14.5. The first-order valence-electron chi connectivity index (χ1n) is 4.74. The molecule has 0 bridgehead atoms. The van der Waals surface area contributed by atoms with Gasteiger partial charge in [-0.15, -0.1) is 0 Å². The van der Waals surface area contributed by atoms with E-state index in [4.69, 9.17) is 4.74 Å². The fraction of sp³-hybridized carbons (Fsp3) is 0.0833. The summed E-state index contributed by atoms with van der Waals surface area (Å²) in [5.74, 6) is -0.334. The Kier molecular flexibility index (Phi) is 3.10. The minimum absolute atomic E-state index is 0.334. The normalized spacial score (nSPS) is 10.1. The Morgan fingerprint density at radius 1 is 1.25 bits per heavy atom. The monoisotopic (exact) mass is 279 g/mol. The van der Waals surface area contributed by atoms with Crippen molar-refractivity contribution < 1.29 is 9.53 Å². The number of H-pyrrole nitrogens is 1. The molecule has 0 saturated carbocycles. The van der Waals surface area contributed by atoms with Gasteiger partial charge in [-0.3, -0.25) is 0 Å². The number of benzene rings is 1. The number of hydrogen-bond acceptors (Lipinski definition) is 2. The summed E-state index contributed by atoms with van der Waals surface area (Å²) >= 11 is 3.37. The fourth-order valence-electron chi connectivity index (χ4n) is 1.50. The minimum Gasteiger partial charge on any atom is -0.465 e. The molecule has 1 aromatic heterocycles. The highest BCUT2D eigenvalue weighted by Crippen LogP contribution is 2.24. The molecule has 2 aromatic rings.